The highest BCUT2D eigenvalue weighted by Crippen LogP contribution is 2.31. The highest BCUT2D eigenvalue weighted by Gasteiger charge is 2.35. The van der Waals surface area contributed by atoms with Crippen molar-refractivity contribution >= 4 is 17.5 Å². The lowest BCUT2D eigenvalue weighted by atomic mass is 10.2. The second-order valence-corrected chi connectivity index (χ2v) is 6.17. The number of anilines is 1. The van der Waals surface area contributed by atoms with Gasteiger partial charge >= 0.3 is 0 Å². The van der Waals surface area contributed by atoms with Gasteiger partial charge < -0.3 is 10.2 Å². The van der Waals surface area contributed by atoms with Crippen molar-refractivity contribution in [1.82, 2.24) is 9.80 Å². The molecule has 2 amide bonds. The highest BCUT2D eigenvalue weighted by atomic mass is 16.2. The second-order valence-electron chi connectivity index (χ2n) is 6.17. The van der Waals surface area contributed by atoms with Crippen LogP contribution in [-0.4, -0.2) is 53.8 Å². The first-order valence-electron chi connectivity index (χ1n) is 8.04. The second kappa shape index (κ2) is 6.48. The summed E-state index contributed by atoms with van der Waals surface area (Å²) >= 11 is 0. The minimum atomic E-state index is -0.182. The fourth-order valence-corrected chi connectivity index (χ4v) is 2.85. The molecule has 118 valence electrons. The molecule has 1 aromatic rings. The smallest absolute Gasteiger partial charge is 0.241 e. The van der Waals surface area contributed by atoms with Crippen molar-refractivity contribution in [2.45, 2.75) is 25.8 Å². The van der Waals surface area contributed by atoms with Crippen molar-refractivity contribution in [3.05, 3.63) is 30.3 Å². The lowest BCUT2D eigenvalue weighted by molar-refractivity contribution is -0.135. The zero-order chi connectivity index (χ0) is 15.5. The van der Waals surface area contributed by atoms with Gasteiger partial charge in [0.05, 0.1) is 6.04 Å². The lowest BCUT2D eigenvalue weighted by Crippen LogP contribution is -2.54. The molecule has 22 heavy (non-hydrogen) atoms. The van der Waals surface area contributed by atoms with Crippen LogP contribution in [0.15, 0.2) is 30.3 Å². The average Bonchev–Trinajstić information content (AvgIpc) is 3.39. The molecule has 1 aliphatic carbocycles. The van der Waals surface area contributed by atoms with Gasteiger partial charge in [0.15, 0.2) is 0 Å². The molecule has 2 aliphatic rings. The Bertz CT molecular complexity index is 534. The maximum Gasteiger partial charge on any atom is 0.241 e. The van der Waals surface area contributed by atoms with Crippen LogP contribution in [0.1, 0.15) is 19.8 Å². The number of nitrogens with zero attached hydrogens (tertiary/aromatic N) is 2. The Morgan fingerprint density at radius 2 is 1.73 bits per heavy atom. The predicted molar refractivity (Wildman–Crippen MR) is 85.4 cm³/mol. The van der Waals surface area contributed by atoms with Gasteiger partial charge in [-0.2, -0.15) is 0 Å². The van der Waals surface area contributed by atoms with Crippen molar-refractivity contribution in [2.75, 3.05) is 31.5 Å². The number of carbonyl (C=O) groups is 2. The largest absolute Gasteiger partial charge is 0.340 e. The van der Waals surface area contributed by atoms with E-state index in [-0.39, 0.29) is 17.9 Å². The summed E-state index contributed by atoms with van der Waals surface area (Å²) in [6.07, 6.45) is 2.10. The van der Waals surface area contributed by atoms with E-state index in [0.29, 0.717) is 5.91 Å². The molecular weight excluding hydrogens is 278 g/mol. The molecule has 1 atom stereocenters. The summed E-state index contributed by atoms with van der Waals surface area (Å²) in [7, 11) is 0. The van der Waals surface area contributed by atoms with Gasteiger partial charge in [-0.05, 0) is 31.9 Å². The van der Waals surface area contributed by atoms with Crippen LogP contribution in [0, 0.1) is 5.92 Å². The monoisotopic (exact) mass is 301 g/mol. The Kier molecular flexibility index (Phi) is 4.43. The quantitative estimate of drug-likeness (QED) is 0.918. The summed E-state index contributed by atoms with van der Waals surface area (Å²) in [4.78, 5) is 28.5. The van der Waals surface area contributed by atoms with E-state index in [2.05, 4.69) is 10.2 Å². The van der Waals surface area contributed by atoms with Crippen molar-refractivity contribution in [2.24, 2.45) is 5.92 Å². The van der Waals surface area contributed by atoms with Gasteiger partial charge in [-0.15, -0.1) is 0 Å². The van der Waals surface area contributed by atoms with E-state index in [1.807, 2.05) is 42.2 Å². The van der Waals surface area contributed by atoms with Crippen LogP contribution in [0.4, 0.5) is 5.69 Å². The normalized spacial score (nSPS) is 20.5. The number of hydrogen-bond donors (Lipinski definition) is 1. The number of para-hydroxylation sites is 1. The van der Waals surface area contributed by atoms with E-state index in [9.17, 15) is 9.59 Å². The standard InChI is InChI=1S/C17H23N3O2/c1-13(16(21)18-15-5-3-2-4-6-15)19-9-11-20(12-10-19)17(22)14-7-8-14/h2-6,13-14H,7-12H2,1H3,(H,18,21)/t13-/m1/s1. The molecule has 0 unspecified atom stereocenters. The molecule has 1 heterocycles. The summed E-state index contributed by atoms with van der Waals surface area (Å²) in [5.41, 5.74) is 0.821. The van der Waals surface area contributed by atoms with Gasteiger partial charge in [0.2, 0.25) is 11.8 Å². The molecule has 5 heteroatoms. The Morgan fingerprint density at radius 1 is 1.09 bits per heavy atom. The lowest BCUT2D eigenvalue weighted by Gasteiger charge is -2.37. The van der Waals surface area contributed by atoms with Gasteiger partial charge in [-0.25, -0.2) is 0 Å². The molecule has 2 fully saturated rings. The number of rotatable bonds is 4. The molecule has 1 saturated heterocycles. The fourth-order valence-electron chi connectivity index (χ4n) is 2.85. The first-order chi connectivity index (χ1) is 10.6. The topological polar surface area (TPSA) is 52.7 Å². The average molecular weight is 301 g/mol. The Labute approximate surface area is 131 Å². The predicted octanol–water partition coefficient (Wildman–Crippen LogP) is 1.57. The van der Waals surface area contributed by atoms with Crippen molar-refractivity contribution in [3.63, 3.8) is 0 Å². The Morgan fingerprint density at radius 3 is 2.32 bits per heavy atom. The molecule has 1 saturated carbocycles. The zero-order valence-corrected chi connectivity index (χ0v) is 13.0. The van der Waals surface area contributed by atoms with Crippen LogP contribution in [0.2, 0.25) is 0 Å². The number of amides is 2. The molecule has 0 bridgehead atoms. The van der Waals surface area contributed by atoms with Gasteiger partial charge in [0.25, 0.3) is 0 Å². The molecule has 3 rings (SSSR count). The van der Waals surface area contributed by atoms with Crippen molar-refractivity contribution < 1.29 is 9.59 Å². The maximum absolute atomic E-state index is 12.3. The number of benzene rings is 1. The third-order valence-corrected chi connectivity index (χ3v) is 4.52. The summed E-state index contributed by atoms with van der Waals surface area (Å²) in [6.45, 7) is 4.93. The van der Waals surface area contributed by atoms with Gasteiger partial charge in [-0.3, -0.25) is 14.5 Å². The number of hydrogen-bond acceptors (Lipinski definition) is 3. The van der Waals surface area contributed by atoms with Crippen LogP contribution >= 0.6 is 0 Å². The molecule has 1 aliphatic heterocycles. The molecule has 0 aromatic heterocycles. The molecule has 1 aromatic carbocycles. The van der Waals surface area contributed by atoms with Crippen LogP contribution < -0.4 is 5.32 Å². The van der Waals surface area contributed by atoms with Crippen LogP contribution in [0.5, 0.6) is 0 Å². The van der Waals surface area contributed by atoms with Gasteiger partial charge in [0, 0.05) is 37.8 Å². The third kappa shape index (κ3) is 3.47. The third-order valence-electron chi connectivity index (χ3n) is 4.52. The molecule has 1 N–H and O–H groups in total. The number of nitrogens with one attached hydrogen (secondary N) is 1. The number of carbonyl (C=O) groups excluding carboxylic acids is 2. The van der Waals surface area contributed by atoms with E-state index in [4.69, 9.17) is 0 Å². The summed E-state index contributed by atoms with van der Waals surface area (Å²) in [6, 6.07) is 9.33. The summed E-state index contributed by atoms with van der Waals surface area (Å²) in [5, 5.41) is 2.94. The van der Waals surface area contributed by atoms with Gasteiger partial charge in [0.1, 0.15) is 0 Å². The van der Waals surface area contributed by atoms with E-state index in [0.717, 1.165) is 44.7 Å². The van der Waals surface area contributed by atoms with E-state index >= 15 is 0 Å². The van der Waals surface area contributed by atoms with Crippen molar-refractivity contribution in [3.8, 4) is 0 Å². The molecule has 0 radical (unpaired) electrons. The minimum Gasteiger partial charge on any atom is -0.340 e. The molecular formula is C17H23N3O2. The van der Waals surface area contributed by atoms with E-state index in [1.54, 1.807) is 0 Å². The maximum atomic E-state index is 12.3. The number of piperazine rings is 1. The Hall–Kier alpha value is -1.88. The van der Waals surface area contributed by atoms with E-state index < -0.39 is 0 Å². The fraction of sp³-hybridized carbons (Fsp3) is 0.529. The molecule has 5 nitrogen and oxygen atoms in total. The van der Waals surface area contributed by atoms with Crippen LogP contribution in [-0.2, 0) is 9.59 Å². The highest BCUT2D eigenvalue weighted by molar-refractivity contribution is 5.94. The first kappa shape index (κ1) is 15.0. The van der Waals surface area contributed by atoms with Gasteiger partial charge in [-0.1, -0.05) is 18.2 Å². The molecule has 0 spiro atoms. The van der Waals surface area contributed by atoms with Crippen LogP contribution in [0.3, 0.4) is 0 Å². The minimum absolute atomic E-state index is 0.00756. The summed E-state index contributed by atoms with van der Waals surface area (Å²) < 4.78 is 0. The summed E-state index contributed by atoms with van der Waals surface area (Å²) in [5.74, 6) is 0.597. The Balaban J connectivity index is 1.49. The zero-order valence-electron chi connectivity index (χ0n) is 13.0. The van der Waals surface area contributed by atoms with Crippen LogP contribution in [0.25, 0.3) is 0 Å². The first-order valence-corrected chi connectivity index (χ1v) is 8.04. The van der Waals surface area contributed by atoms with Crippen molar-refractivity contribution in [1.29, 1.82) is 0 Å². The SMILES string of the molecule is C[C@H](C(=O)Nc1ccccc1)N1CCN(C(=O)C2CC2)CC1. The van der Waals surface area contributed by atoms with E-state index in [1.165, 1.54) is 0 Å².